The number of aromatic amines is 1. The van der Waals surface area contributed by atoms with Crippen molar-refractivity contribution in [1.82, 2.24) is 25.1 Å². The summed E-state index contributed by atoms with van der Waals surface area (Å²) in [7, 11) is 0. The molecule has 0 aliphatic carbocycles. The van der Waals surface area contributed by atoms with Gasteiger partial charge in [0, 0.05) is 24.7 Å². The Kier molecular flexibility index (Phi) is 4.65. The molecule has 26 heavy (non-hydrogen) atoms. The fourth-order valence-electron chi connectivity index (χ4n) is 3.69. The summed E-state index contributed by atoms with van der Waals surface area (Å²) in [4.78, 5) is 23.0. The van der Waals surface area contributed by atoms with Crippen molar-refractivity contribution in [2.45, 2.75) is 32.6 Å². The molecule has 6 nitrogen and oxygen atoms in total. The van der Waals surface area contributed by atoms with Crippen LogP contribution in [0.25, 0.3) is 10.9 Å². The first-order valence-electron chi connectivity index (χ1n) is 9.19. The Hall–Kier alpha value is -2.76. The van der Waals surface area contributed by atoms with Crippen LogP contribution in [0.1, 0.15) is 41.0 Å². The van der Waals surface area contributed by atoms with Gasteiger partial charge in [-0.1, -0.05) is 6.07 Å². The zero-order valence-electron chi connectivity index (χ0n) is 15.0. The first-order chi connectivity index (χ1) is 12.7. The number of amides is 1. The van der Waals surface area contributed by atoms with Gasteiger partial charge < -0.3 is 4.90 Å². The van der Waals surface area contributed by atoms with E-state index in [1.807, 2.05) is 18.0 Å². The Bertz CT molecular complexity index is 902. The van der Waals surface area contributed by atoms with Crippen LogP contribution in [0.3, 0.4) is 0 Å². The molecule has 0 saturated carbocycles. The van der Waals surface area contributed by atoms with Crippen LogP contribution >= 0.6 is 0 Å². The van der Waals surface area contributed by atoms with Gasteiger partial charge in [0.15, 0.2) is 0 Å². The molecule has 4 rings (SSSR count). The number of carbonyl (C=O) groups excluding carboxylic acids is 1. The third kappa shape index (κ3) is 3.59. The lowest BCUT2D eigenvalue weighted by Gasteiger charge is -2.20. The van der Waals surface area contributed by atoms with Crippen LogP contribution in [-0.2, 0) is 6.42 Å². The average Bonchev–Trinajstić information content (AvgIpc) is 2.99. The summed E-state index contributed by atoms with van der Waals surface area (Å²) in [5.41, 5.74) is 3.69. The standard InChI is InChI=1S/C20H23N5O/c1-14-11-22-19(13-21-14)20(26)25-7-2-3-15(6-8-25)9-16-4-5-18-17(10-16)12-23-24-18/h4-5,10-13,15H,2-3,6-9H2,1H3,(H,23,24)/t15-/m1/s1. The molecule has 1 aliphatic heterocycles. The predicted molar refractivity (Wildman–Crippen MR) is 99.8 cm³/mol. The van der Waals surface area contributed by atoms with Crippen molar-refractivity contribution < 1.29 is 4.79 Å². The van der Waals surface area contributed by atoms with Crippen molar-refractivity contribution in [2.75, 3.05) is 13.1 Å². The molecule has 1 aliphatic rings. The Morgan fingerprint density at radius 1 is 1.19 bits per heavy atom. The quantitative estimate of drug-likeness (QED) is 0.788. The van der Waals surface area contributed by atoms with E-state index in [0.717, 1.165) is 55.4 Å². The number of benzene rings is 1. The van der Waals surface area contributed by atoms with Crippen LogP contribution in [0, 0.1) is 12.8 Å². The maximum Gasteiger partial charge on any atom is 0.274 e. The van der Waals surface area contributed by atoms with Crippen LogP contribution in [0.15, 0.2) is 36.8 Å². The fourth-order valence-corrected chi connectivity index (χ4v) is 3.69. The van der Waals surface area contributed by atoms with Gasteiger partial charge in [0.05, 0.1) is 23.6 Å². The maximum absolute atomic E-state index is 12.7. The van der Waals surface area contributed by atoms with Gasteiger partial charge in [0.1, 0.15) is 5.69 Å². The van der Waals surface area contributed by atoms with E-state index >= 15 is 0 Å². The zero-order chi connectivity index (χ0) is 17.9. The summed E-state index contributed by atoms with van der Waals surface area (Å²) in [6.45, 7) is 3.46. The lowest BCUT2D eigenvalue weighted by atomic mass is 9.92. The molecule has 2 aromatic heterocycles. The van der Waals surface area contributed by atoms with Crippen molar-refractivity contribution in [3.63, 3.8) is 0 Å². The fraction of sp³-hybridized carbons (Fsp3) is 0.400. The molecule has 134 valence electrons. The molecular weight excluding hydrogens is 326 g/mol. The molecule has 1 amide bonds. The third-order valence-corrected chi connectivity index (χ3v) is 5.16. The third-order valence-electron chi connectivity index (χ3n) is 5.16. The monoisotopic (exact) mass is 349 g/mol. The van der Waals surface area contributed by atoms with Crippen molar-refractivity contribution in [3.05, 3.63) is 53.7 Å². The number of carbonyl (C=O) groups is 1. The molecule has 3 heterocycles. The van der Waals surface area contributed by atoms with Crippen LogP contribution < -0.4 is 0 Å². The molecule has 0 radical (unpaired) electrons. The predicted octanol–water partition coefficient (Wildman–Crippen LogP) is 3.15. The average molecular weight is 349 g/mol. The van der Waals surface area contributed by atoms with Gasteiger partial charge in [0.2, 0.25) is 0 Å². The normalized spacial score (nSPS) is 18.0. The van der Waals surface area contributed by atoms with Crippen LogP contribution in [0.2, 0.25) is 0 Å². The first-order valence-corrected chi connectivity index (χ1v) is 9.19. The zero-order valence-corrected chi connectivity index (χ0v) is 15.0. The summed E-state index contributed by atoms with van der Waals surface area (Å²) >= 11 is 0. The number of aryl methyl sites for hydroxylation is 1. The van der Waals surface area contributed by atoms with Gasteiger partial charge in [-0.25, -0.2) is 4.98 Å². The van der Waals surface area contributed by atoms with E-state index in [2.05, 4.69) is 38.4 Å². The van der Waals surface area contributed by atoms with E-state index < -0.39 is 0 Å². The number of likely N-dealkylation sites (tertiary alicyclic amines) is 1. The largest absolute Gasteiger partial charge is 0.337 e. The molecule has 1 fully saturated rings. The van der Waals surface area contributed by atoms with Crippen molar-refractivity contribution in [2.24, 2.45) is 5.92 Å². The molecule has 1 atom stereocenters. The second-order valence-corrected chi connectivity index (χ2v) is 7.13. The number of nitrogens with zero attached hydrogens (tertiary/aromatic N) is 4. The minimum absolute atomic E-state index is 0.00188. The molecule has 1 N–H and O–H groups in total. The van der Waals surface area contributed by atoms with Gasteiger partial charge in [0.25, 0.3) is 5.91 Å². The van der Waals surface area contributed by atoms with Gasteiger partial charge in [-0.3, -0.25) is 14.9 Å². The van der Waals surface area contributed by atoms with E-state index in [9.17, 15) is 4.79 Å². The number of nitrogens with one attached hydrogen (secondary N) is 1. The molecule has 1 aromatic carbocycles. The molecule has 6 heteroatoms. The highest BCUT2D eigenvalue weighted by Gasteiger charge is 2.22. The Balaban J connectivity index is 1.39. The Morgan fingerprint density at radius 3 is 2.96 bits per heavy atom. The summed E-state index contributed by atoms with van der Waals surface area (Å²) in [6.07, 6.45) is 9.35. The van der Waals surface area contributed by atoms with Gasteiger partial charge in [-0.05, 0) is 56.2 Å². The number of hydrogen-bond donors (Lipinski definition) is 1. The van der Waals surface area contributed by atoms with E-state index in [1.54, 1.807) is 12.4 Å². The maximum atomic E-state index is 12.7. The van der Waals surface area contributed by atoms with Crippen LogP contribution in [-0.4, -0.2) is 44.1 Å². The number of rotatable bonds is 3. The van der Waals surface area contributed by atoms with Crippen molar-refractivity contribution in [3.8, 4) is 0 Å². The Labute approximate surface area is 152 Å². The van der Waals surface area contributed by atoms with Crippen molar-refractivity contribution >= 4 is 16.8 Å². The second kappa shape index (κ2) is 7.23. The SMILES string of the molecule is Cc1cnc(C(=O)N2CCC[C@@H](Cc3ccc4[nH]ncc4c3)CC2)cn1. The minimum Gasteiger partial charge on any atom is -0.337 e. The highest BCUT2D eigenvalue weighted by atomic mass is 16.2. The smallest absolute Gasteiger partial charge is 0.274 e. The number of aromatic nitrogens is 4. The summed E-state index contributed by atoms with van der Waals surface area (Å²) in [5.74, 6) is 0.596. The van der Waals surface area contributed by atoms with E-state index in [4.69, 9.17) is 0 Å². The van der Waals surface area contributed by atoms with Crippen LogP contribution in [0.5, 0.6) is 0 Å². The molecule has 3 aromatic rings. The van der Waals surface area contributed by atoms with Gasteiger partial charge in [-0.2, -0.15) is 5.10 Å². The topological polar surface area (TPSA) is 74.8 Å². The minimum atomic E-state index is -0.00188. The number of H-pyrrole nitrogens is 1. The van der Waals surface area contributed by atoms with Gasteiger partial charge >= 0.3 is 0 Å². The molecule has 1 saturated heterocycles. The van der Waals surface area contributed by atoms with E-state index in [1.165, 1.54) is 5.56 Å². The lowest BCUT2D eigenvalue weighted by Crippen LogP contribution is -2.32. The molecular formula is C20H23N5O. The molecule has 0 unspecified atom stereocenters. The summed E-state index contributed by atoms with van der Waals surface area (Å²) in [5, 5.41) is 8.24. The summed E-state index contributed by atoms with van der Waals surface area (Å²) in [6, 6.07) is 6.49. The number of hydrogen-bond acceptors (Lipinski definition) is 4. The lowest BCUT2D eigenvalue weighted by molar-refractivity contribution is 0.0753. The van der Waals surface area contributed by atoms with E-state index in [0.29, 0.717) is 11.6 Å². The highest BCUT2D eigenvalue weighted by Crippen LogP contribution is 2.24. The molecule has 0 spiro atoms. The van der Waals surface area contributed by atoms with Crippen molar-refractivity contribution in [1.29, 1.82) is 0 Å². The highest BCUT2D eigenvalue weighted by molar-refractivity contribution is 5.92. The van der Waals surface area contributed by atoms with E-state index in [-0.39, 0.29) is 5.91 Å². The molecule has 0 bridgehead atoms. The second-order valence-electron chi connectivity index (χ2n) is 7.13. The summed E-state index contributed by atoms with van der Waals surface area (Å²) < 4.78 is 0. The van der Waals surface area contributed by atoms with Gasteiger partial charge in [-0.15, -0.1) is 0 Å². The number of fused-ring (bicyclic) bond motifs is 1. The Morgan fingerprint density at radius 2 is 2.12 bits per heavy atom. The first kappa shape index (κ1) is 16.7. The van der Waals surface area contributed by atoms with Crippen LogP contribution in [0.4, 0.5) is 0 Å².